The molecule has 140 valence electrons. The van der Waals surface area contributed by atoms with Gasteiger partial charge in [0.25, 0.3) is 5.91 Å². The molecule has 0 aliphatic heterocycles. The fourth-order valence-corrected chi connectivity index (χ4v) is 2.35. The lowest BCUT2D eigenvalue weighted by Crippen LogP contribution is -2.33. The summed E-state index contributed by atoms with van der Waals surface area (Å²) in [4.78, 5) is 27.9. The first-order valence-electron chi connectivity index (χ1n) is 8.38. The zero-order chi connectivity index (χ0) is 19.1. The van der Waals surface area contributed by atoms with Crippen LogP contribution in [0, 0.1) is 13.8 Å². The second kappa shape index (κ2) is 8.70. The minimum atomic E-state index is -0.254. The van der Waals surface area contributed by atoms with E-state index < -0.39 is 0 Å². The smallest absolute Gasteiger partial charge is 0.316 e. The van der Waals surface area contributed by atoms with Crippen LogP contribution in [0.3, 0.4) is 0 Å². The van der Waals surface area contributed by atoms with Crippen LogP contribution in [-0.2, 0) is 4.79 Å². The van der Waals surface area contributed by atoms with E-state index in [-0.39, 0.29) is 18.5 Å². The number of aromatic nitrogens is 6. The molecule has 1 amide bonds. The van der Waals surface area contributed by atoms with Crippen molar-refractivity contribution in [2.24, 2.45) is 0 Å². The molecule has 10 nitrogen and oxygen atoms in total. The van der Waals surface area contributed by atoms with Crippen molar-refractivity contribution in [1.82, 2.24) is 35.0 Å². The maximum Gasteiger partial charge on any atom is 0.316 e. The second-order valence-corrected chi connectivity index (χ2v) is 5.70. The van der Waals surface area contributed by atoms with Gasteiger partial charge in [-0.1, -0.05) is 0 Å². The van der Waals surface area contributed by atoms with Gasteiger partial charge in [0.15, 0.2) is 12.4 Å². The summed E-state index contributed by atoms with van der Waals surface area (Å²) < 4.78 is 6.93. The Labute approximate surface area is 156 Å². The van der Waals surface area contributed by atoms with Crippen LogP contribution in [0.15, 0.2) is 36.9 Å². The number of carbonyl (C=O) groups excluding carboxylic acids is 1. The van der Waals surface area contributed by atoms with Crippen molar-refractivity contribution >= 4 is 11.7 Å². The van der Waals surface area contributed by atoms with E-state index >= 15 is 0 Å². The molecule has 0 unspecified atom stereocenters. The van der Waals surface area contributed by atoms with Crippen molar-refractivity contribution in [1.29, 1.82) is 0 Å². The monoisotopic (exact) mass is 368 g/mol. The molecule has 3 heterocycles. The molecular weight excluding hydrogens is 348 g/mol. The van der Waals surface area contributed by atoms with E-state index in [0.717, 1.165) is 11.4 Å². The first-order valence-corrected chi connectivity index (χ1v) is 8.38. The van der Waals surface area contributed by atoms with Crippen molar-refractivity contribution in [2.75, 3.05) is 25.0 Å². The molecule has 0 bridgehead atoms. The third kappa shape index (κ3) is 5.21. The molecule has 0 atom stereocenters. The first-order chi connectivity index (χ1) is 13.1. The summed E-state index contributed by atoms with van der Waals surface area (Å²) in [6.07, 6.45) is 4.57. The van der Waals surface area contributed by atoms with Gasteiger partial charge in [-0.05, 0) is 26.0 Å². The summed E-state index contributed by atoms with van der Waals surface area (Å²) in [5, 5.41) is 10.3. The fourth-order valence-electron chi connectivity index (χ4n) is 2.35. The van der Waals surface area contributed by atoms with Crippen LogP contribution >= 0.6 is 0 Å². The van der Waals surface area contributed by atoms with E-state index in [4.69, 9.17) is 4.74 Å². The van der Waals surface area contributed by atoms with E-state index in [1.807, 2.05) is 19.9 Å². The lowest BCUT2D eigenvalue weighted by molar-refractivity contribution is -0.123. The highest BCUT2D eigenvalue weighted by molar-refractivity contribution is 5.77. The number of ether oxygens (including phenoxy) is 1. The average molecular weight is 368 g/mol. The third-order valence-electron chi connectivity index (χ3n) is 3.51. The van der Waals surface area contributed by atoms with Crippen LogP contribution in [0.5, 0.6) is 6.01 Å². The Kier molecular flexibility index (Phi) is 5.87. The van der Waals surface area contributed by atoms with Gasteiger partial charge in [0, 0.05) is 37.2 Å². The van der Waals surface area contributed by atoms with Crippen molar-refractivity contribution in [3.8, 4) is 11.8 Å². The number of aryl methyl sites for hydroxylation is 2. The summed E-state index contributed by atoms with van der Waals surface area (Å²) in [6.45, 7) is 4.67. The Bertz CT molecular complexity index is 897. The Morgan fingerprint density at radius 3 is 2.67 bits per heavy atom. The van der Waals surface area contributed by atoms with Gasteiger partial charge in [0.2, 0.25) is 0 Å². The molecule has 0 fully saturated rings. The van der Waals surface area contributed by atoms with Crippen LogP contribution in [0.25, 0.3) is 5.82 Å². The molecule has 3 aromatic rings. The van der Waals surface area contributed by atoms with Gasteiger partial charge in [-0.25, -0.2) is 24.6 Å². The minimum absolute atomic E-state index is 0.139. The number of rotatable bonds is 8. The van der Waals surface area contributed by atoms with Crippen molar-refractivity contribution in [2.45, 2.75) is 13.8 Å². The number of amides is 1. The predicted molar refractivity (Wildman–Crippen MR) is 97.7 cm³/mol. The largest absolute Gasteiger partial charge is 0.453 e. The van der Waals surface area contributed by atoms with Crippen LogP contribution in [0.1, 0.15) is 11.4 Å². The molecule has 0 aromatic carbocycles. The number of anilines is 1. The molecular formula is C17H20N8O2. The summed E-state index contributed by atoms with van der Waals surface area (Å²) in [5.74, 6) is 1.07. The topological polar surface area (TPSA) is 120 Å². The minimum Gasteiger partial charge on any atom is -0.453 e. The number of hydrogen-bond acceptors (Lipinski definition) is 8. The van der Waals surface area contributed by atoms with Gasteiger partial charge in [0.1, 0.15) is 12.1 Å². The summed E-state index contributed by atoms with van der Waals surface area (Å²) in [7, 11) is 0. The molecule has 3 rings (SSSR count). The molecule has 3 aromatic heterocycles. The molecule has 2 N–H and O–H groups in total. The predicted octanol–water partition coefficient (Wildman–Crippen LogP) is 0.676. The standard InChI is InChI=1S/C17H20N8O2/c1-12-8-13(2)25(24-12)15-9-14(22-11-23-15)18-6-7-19-16(26)10-27-17-20-4-3-5-21-17/h3-5,8-9,11H,6-7,10H2,1-2H3,(H,19,26)(H,18,22,23). The summed E-state index contributed by atoms with van der Waals surface area (Å²) >= 11 is 0. The number of nitrogens with zero attached hydrogens (tertiary/aromatic N) is 6. The van der Waals surface area contributed by atoms with E-state index in [1.54, 1.807) is 29.2 Å². The normalized spacial score (nSPS) is 10.4. The van der Waals surface area contributed by atoms with Crippen molar-refractivity contribution < 1.29 is 9.53 Å². The summed E-state index contributed by atoms with van der Waals surface area (Å²) in [5.41, 5.74) is 1.92. The number of hydrogen-bond donors (Lipinski definition) is 2. The van der Waals surface area contributed by atoms with Gasteiger partial charge in [-0.2, -0.15) is 5.10 Å². The number of nitrogens with one attached hydrogen (secondary N) is 2. The van der Waals surface area contributed by atoms with E-state index in [1.165, 1.54) is 6.33 Å². The zero-order valence-corrected chi connectivity index (χ0v) is 15.1. The van der Waals surface area contributed by atoms with Crippen LogP contribution in [-0.4, -0.2) is 55.3 Å². The first kappa shape index (κ1) is 18.2. The van der Waals surface area contributed by atoms with Gasteiger partial charge in [0.05, 0.1) is 5.69 Å². The molecule has 0 spiro atoms. The molecule has 0 saturated heterocycles. The Morgan fingerprint density at radius 2 is 1.93 bits per heavy atom. The highest BCUT2D eigenvalue weighted by Crippen LogP contribution is 2.11. The van der Waals surface area contributed by atoms with Gasteiger partial charge >= 0.3 is 6.01 Å². The molecule has 27 heavy (non-hydrogen) atoms. The molecule has 0 radical (unpaired) electrons. The van der Waals surface area contributed by atoms with Crippen LogP contribution in [0.2, 0.25) is 0 Å². The Balaban J connectivity index is 1.43. The Morgan fingerprint density at radius 1 is 1.11 bits per heavy atom. The van der Waals surface area contributed by atoms with Crippen LogP contribution in [0.4, 0.5) is 5.82 Å². The Hall–Kier alpha value is -3.56. The van der Waals surface area contributed by atoms with E-state index in [2.05, 4.69) is 35.7 Å². The third-order valence-corrected chi connectivity index (χ3v) is 3.51. The summed E-state index contributed by atoms with van der Waals surface area (Å²) in [6, 6.07) is 5.62. The highest BCUT2D eigenvalue weighted by atomic mass is 16.5. The van der Waals surface area contributed by atoms with E-state index in [0.29, 0.717) is 24.7 Å². The number of carbonyl (C=O) groups is 1. The van der Waals surface area contributed by atoms with Crippen molar-refractivity contribution in [3.05, 3.63) is 48.3 Å². The molecule has 0 aliphatic carbocycles. The maximum atomic E-state index is 11.7. The molecule has 0 aliphatic rings. The maximum absolute atomic E-state index is 11.7. The zero-order valence-electron chi connectivity index (χ0n) is 15.1. The molecule has 0 saturated carbocycles. The average Bonchev–Trinajstić information content (AvgIpc) is 3.03. The van der Waals surface area contributed by atoms with Gasteiger partial charge in [-0.3, -0.25) is 4.79 Å². The lowest BCUT2D eigenvalue weighted by atomic mass is 10.4. The molecule has 10 heteroatoms. The second-order valence-electron chi connectivity index (χ2n) is 5.70. The SMILES string of the molecule is Cc1cc(C)n(-c2cc(NCCNC(=O)COc3ncccn3)ncn2)n1. The van der Waals surface area contributed by atoms with Crippen molar-refractivity contribution in [3.63, 3.8) is 0 Å². The fraction of sp³-hybridized carbons (Fsp3) is 0.294. The van der Waals surface area contributed by atoms with E-state index in [9.17, 15) is 4.79 Å². The van der Waals surface area contributed by atoms with Gasteiger partial charge < -0.3 is 15.4 Å². The quantitative estimate of drug-likeness (QED) is 0.557. The highest BCUT2D eigenvalue weighted by Gasteiger charge is 2.07. The van der Waals surface area contributed by atoms with Gasteiger partial charge in [-0.15, -0.1) is 0 Å². The van der Waals surface area contributed by atoms with Crippen LogP contribution < -0.4 is 15.4 Å². The lowest BCUT2D eigenvalue weighted by Gasteiger charge is -2.09.